The molecule has 0 aliphatic heterocycles. The van der Waals surface area contributed by atoms with Gasteiger partial charge in [0.1, 0.15) is 0 Å². The number of aryl methyl sites for hydroxylation is 2. The Hall–Kier alpha value is -1.31. The lowest BCUT2D eigenvalue weighted by atomic mass is 10.1. The van der Waals surface area contributed by atoms with E-state index in [-0.39, 0.29) is 6.04 Å². The van der Waals surface area contributed by atoms with Crippen LogP contribution in [-0.4, -0.2) is 14.5 Å². The Morgan fingerprint density at radius 1 is 1.39 bits per heavy atom. The Bertz CT molecular complexity index is 584. The lowest BCUT2D eigenvalue weighted by molar-refractivity contribution is 0.563. The normalized spacial score (nSPS) is 16.0. The van der Waals surface area contributed by atoms with Crippen molar-refractivity contribution in [1.29, 1.82) is 0 Å². The molecule has 0 amide bonds. The summed E-state index contributed by atoms with van der Waals surface area (Å²) in [6, 6.07) is 5.14. The molecule has 0 saturated carbocycles. The third-order valence-corrected chi connectivity index (χ3v) is 4.75. The summed E-state index contributed by atoms with van der Waals surface area (Å²) in [5.41, 5.74) is 2.42. The third kappa shape index (κ3) is 2.74. The zero-order chi connectivity index (χ0) is 13.2. The maximum Gasteiger partial charge on any atom is 0.240 e. The molecule has 1 unspecified atom stereocenters. The number of nitrogens with one attached hydrogen (secondary N) is 1. The Kier molecular flexibility index (Phi) is 3.74. The van der Waals surface area contributed by atoms with Crippen molar-refractivity contribution in [3.63, 3.8) is 0 Å². The second-order valence-electron chi connectivity index (χ2n) is 4.71. The summed E-state index contributed by atoms with van der Waals surface area (Å²) >= 11 is 0. The molecule has 96 valence electrons. The second kappa shape index (κ2) is 5.13. The van der Waals surface area contributed by atoms with E-state index in [0.717, 1.165) is 24.8 Å². The number of hydrogen-bond donors (Lipinski definition) is 1. The topological polar surface area (TPSA) is 46.2 Å². The van der Waals surface area contributed by atoms with Crippen LogP contribution in [0.25, 0.3) is 0 Å². The molecule has 0 bridgehead atoms. The molecule has 0 heterocycles. The molecule has 0 radical (unpaired) electrons. The smallest absolute Gasteiger partial charge is 0.207 e. The number of sulfonamides is 1. The highest BCUT2D eigenvalue weighted by atomic mass is 32.2. The van der Waals surface area contributed by atoms with Gasteiger partial charge >= 0.3 is 0 Å². The first-order valence-corrected chi connectivity index (χ1v) is 7.59. The van der Waals surface area contributed by atoms with Gasteiger partial charge in [-0.15, -0.1) is 12.3 Å². The van der Waals surface area contributed by atoms with Crippen LogP contribution in [0.5, 0.6) is 0 Å². The van der Waals surface area contributed by atoms with Crippen molar-refractivity contribution in [2.45, 2.75) is 43.5 Å². The molecular formula is C14H17NO2S. The first kappa shape index (κ1) is 13.1. The van der Waals surface area contributed by atoms with Gasteiger partial charge in [-0.3, -0.25) is 0 Å². The predicted molar refractivity (Wildman–Crippen MR) is 71.7 cm³/mol. The van der Waals surface area contributed by atoms with Crippen molar-refractivity contribution in [1.82, 2.24) is 4.72 Å². The average Bonchev–Trinajstić information content (AvgIpc) is 2.75. The summed E-state index contributed by atoms with van der Waals surface area (Å²) in [4.78, 5) is 0.340. The molecule has 1 N–H and O–H groups in total. The quantitative estimate of drug-likeness (QED) is 0.843. The minimum absolute atomic E-state index is 0.242. The molecule has 1 atom stereocenters. The number of terminal acetylenes is 1. The average molecular weight is 263 g/mol. The van der Waals surface area contributed by atoms with Gasteiger partial charge in [-0.25, -0.2) is 13.1 Å². The summed E-state index contributed by atoms with van der Waals surface area (Å²) in [5.74, 6) is 2.46. The fourth-order valence-corrected chi connectivity index (χ4v) is 3.56. The van der Waals surface area contributed by atoms with Gasteiger partial charge in [-0.2, -0.15) is 0 Å². The van der Waals surface area contributed by atoms with Crippen LogP contribution in [0.1, 0.15) is 30.9 Å². The van der Waals surface area contributed by atoms with Crippen LogP contribution in [0, 0.1) is 12.3 Å². The standard InChI is InChI=1S/C14H17NO2S/c1-3-5-11(2)15-18(16,17)14-9-8-12-6-4-7-13(12)10-14/h1,8-11,15H,4-7H2,2H3. The Balaban J connectivity index is 2.23. The second-order valence-corrected chi connectivity index (χ2v) is 6.43. The molecule has 0 aromatic heterocycles. The first-order valence-electron chi connectivity index (χ1n) is 6.10. The van der Waals surface area contributed by atoms with Crippen LogP contribution < -0.4 is 4.72 Å². The fourth-order valence-electron chi connectivity index (χ4n) is 2.27. The molecule has 0 fully saturated rings. The molecule has 1 aliphatic rings. The Labute approximate surface area is 109 Å². The predicted octanol–water partition coefficient (Wildman–Crippen LogP) is 1.87. The van der Waals surface area contributed by atoms with Crippen LogP contribution in [0.15, 0.2) is 23.1 Å². The summed E-state index contributed by atoms with van der Waals surface area (Å²) in [7, 11) is -3.45. The van der Waals surface area contributed by atoms with E-state index in [1.54, 1.807) is 19.1 Å². The number of hydrogen-bond acceptors (Lipinski definition) is 2. The molecule has 0 spiro atoms. The highest BCUT2D eigenvalue weighted by molar-refractivity contribution is 7.89. The van der Waals surface area contributed by atoms with E-state index in [2.05, 4.69) is 10.6 Å². The van der Waals surface area contributed by atoms with Crippen LogP contribution in [0.3, 0.4) is 0 Å². The molecule has 1 aromatic carbocycles. The Morgan fingerprint density at radius 2 is 2.11 bits per heavy atom. The van der Waals surface area contributed by atoms with Gasteiger partial charge < -0.3 is 0 Å². The molecule has 2 rings (SSSR count). The van der Waals surface area contributed by atoms with E-state index < -0.39 is 10.0 Å². The van der Waals surface area contributed by atoms with Crippen molar-refractivity contribution >= 4 is 10.0 Å². The lowest BCUT2D eigenvalue weighted by Crippen LogP contribution is -2.32. The van der Waals surface area contributed by atoms with E-state index in [0.29, 0.717) is 11.3 Å². The van der Waals surface area contributed by atoms with Crippen molar-refractivity contribution < 1.29 is 8.42 Å². The van der Waals surface area contributed by atoms with Gasteiger partial charge in [0.05, 0.1) is 4.90 Å². The third-order valence-electron chi connectivity index (χ3n) is 3.16. The van der Waals surface area contributed by atoms with Crippen LogP contribution in [0.4, 0.5) is 0 Å². The van der Waals surface area contributed by atoms with E-state index >= 15 is 0 Å². The van der Waals surface area contributed by atoms with Gasteiger partial charge in [0.15, 0.2) is 0 Å². The first-order chi connectivity index (χ1) is 8.53. The van der Waals surface area contributed by atoms with E-state index in [9.17, 15) is 8.42 Å². The molecule has 4 heteroatoms. The molecule has 1 aromatic rings. The molecule has 1 aliphatic carbocycles. The molecule has 0 saturated heterocycles. The van der Waals surface area contributed by atoms with Crippen LogP contribution in [-0.2, 0) is 22.9 Å². The lowest BCUT2D eigenvalue weighted by Gasteiger charge is -2.12. The monoisotopic (exact) mass is 263 g/mol. The SMILES string of the molecule is C#CCC(C)NS(=O)(=O)c1ccc2c(c1)CCC2. The largest absolute Gasteiger partial charge is 0.240 e. The van der Waals surface area contributed by atoms with Crippen LogP contribution >= 0.6 is 0 Å². The maximum absolute atomic E-state index is 12.1. The molecule has 3 nitrogen and oxygen atoms in total. The number of fused-ring (bicyclic) bond motifs is 1. The van der Waals surface area contributed by atoms with Gasteiger partial charge in [0.2, 0.25) is 10.0 Å². The summed E-state index contributed by atoms with van der Waals surface area (Å²) < 4.78 is 26.9. The van der Waals surface area contributed by atoms with E-state index in [4.69, 9.17) is 6.42 Å². The molecular weight excluding hydrogens is 246 g/mol. The fraction of sp³-hybridized carbons (Fsp3) is 0.429. The van der Waals surface area contributed by atoms with Gasteiger partial charge in [-0.1, -0.05) is 6.07 Å². The number of benzene rings is 1. The zero-order valence-electron chi connectivity index (χ0n) is 10.4. The Morgan fingerprint density at radius 3 is 2.83 bits per heavy atom. The summed E-state index contributed by atoms with van der Waals surface area (Å²) in [6.45, 7) is 1.77. The zero-order valence-corrected chi connectivity index (χ0v) is 11.3. The molecule has 18 heavy (non-hydrogen) atoms. The summed E-state index contributed by atoms with van der Waals surface area (Å²) in [6.07, 6.45) is 8.70. The highest BCUT2D eigenvalue weighted by Crippen LogP contribution is 2.24. The summed E-state index contributed by atoms with van der Waals surface area (Å²) in [5, 5.41) is 0. The minimum atomic E-state index is -3.45. The van der Waals surface area contributed by atoms with Gasteiger partial charge in [0.25, 0.3) is 0 Å². The van der Waals surface area contributed by atoms with E-state index in [1.807, 2.05) is 6.07 Å². The van der Waals surface area contributed by atoms with Gasteiger partial charge in [-0.05, 0) is 49.4 Å². The maximum atomic E-state index is 12.1. The van der Waals surface area contributed by atoms with Crippen molar-refractivity contribution in [3.05, 3.63) is 29.3 Å². The van der Waals surface area contributed by atoms with Crippen LogP contribution in [0.2, 0.25) is 0 Å². The number of rotatable bonds is 4. The minimum Gasteiger partial charge on any atom is -0.207 e. The van der Waals surface area contributed by atoms with Crippen molar-refractivity contribution in [3.8, 4) is 12.3 Å². The van der Waals surface area contributed by atoms with Gasteiger partial charge in [0, 0.05) is 12.5 Å². The highest BCUT2D eigenvalue weighted by Gasteiger charge is 2.19. The van der Waals surface area contributed by atoms with E-state index in [1.165, 1.54) is 5.56 Å². The van der Waals surface area contributed by atoms with Crippen molar-refractivity contribution in [2.75, 3.05) is 0 Å². The van der Waals surface area contributed by atoms with Crippen molar-refractivity contribution in [2.24, 2.45) is 0 Å².